The number of amides is 1. The van der Waals surface area contributed by atoms with Crippen LogP contribution in [0.2, 0.25) is 0 Å². The predicted molar refractivity (Wildman–Crippen MR) is 87.9 cm³/mol. The fourth-order valence-electron chi connectivity index (χ4n) is 3.84. The normalized spacial score (nSPS) is 22.8. The number of hydrogen-bond donors (Lipinski definition) is 0. The van der Waals surface area contributed by atoms with Crippen molar-refractivity contribution in [2.75, 3.05) is 31.6 Å². The first-order valence-corrected chi connectivity index (χ1v) is 7.99. The largest absolute Gasteiger partial charge is 0.377 e. The molecule has 2 aliphatic rings. The summed E-state index contributed by atoms with van der Waals surface area (Å²) in [6, 6.07) is 6.69. The number of methoxy groups -OCH3 is 1. The van der Waals surface area contributed by atoms with Gasteiger partial charge in [-0.1, -0.05) is 12.6 Å². The summed E-state index contributed by atoms with van der Waals surface area (Å²) in [5.41, 5.74) is 1.31. The molecule has 2 saturated heterocycles. The number of carbonyl (C=O) groups excluding carboxylic acids is 1. The van der Waals surface area contributed by atoms with E-state index in [9.17, 15) is 9.18 Å². The van der Waals surface area contributed by atoms with E-state index < -0.39 is 0 Å². The molecule has 2 fully saturated rings. The predicted octanol–water partition coefficient (Wildman–Crippen LogP) is 2.60. The van der Waals surface area contributed by atoms with Crippen molar-refractivity contribution in [3.05, 3.63) is 42.2 Å². The Labute approximate surface area is 136 Å². The van der Waals surface area contributed by atoms with Gasteiger partial charge in [0, 0.05) is 38.0 Å². The molecule has 0 radical (unpaired) electrons. The van der Waals surface area contributed by atoms with Crippen molar-refractivity contribution in [1.82, 2.24) is 4.90 Å². The summed E-state index contributed by atoms with van der Waals surface area (Å²) in [7, 11) is 1.72. The molecule has 0 aliphatic carbocycles. The SMILES string of the molecule is C=C(C)C(=O)N1CCC2(CC1)C(OC)CN2c1cccc(F)c1. The van der Waals surface area contributed by atoms with Gasteiger partial charge in [-0.05, 0) is 38.0 Å². The number of anilines is 1. The second kappa shape index (κ2) is 5.96. The molecule has 2 aliphatic heterocycles. The van der Waals surface area contributed by atoms with Crippen molar-refractivity contribution in [3.8, 4) is 0 Å². The first-order chi connectivity index (χ1) is 11.0. The Kier molecular flexibility index (Phi) is 4.15. The van der Waals surface area contributed by atoms with Crippen molar-refractivity contribution in [2.45, 2.75) is 31.4 Å². The Morgan fingerprint density at radius 2 is 2.09 bits per heavy atom. The number of carbonyl (C=O) groups is 1. The molecule has 23 heavy (non-hydrogen) atoms. The Balaban J connectivity index is 1.79. The topological polar surface area (TPSA) is 32.8 Å². The average molecular weight is 318 g/mol. The van der Waals surface area contributed by atoms with Crippen molar-refractivity contribution in [1.29, 1.82) is 0 Å². The lowest BCUT2D eigenvalue weighted by molar-refractivity contribution is -0.130. The van der Waals surface area contributed by atoms with Crippen LogP contribution in [0.1, 0.15) is 19.8 Å². The lowest BCUT2D eigenvalue weighted by Crippen LogP contribution is -2.74. The van der Waals surface area contributed by atoms with Gasteiger partial charge in [0.1, 0.15) is 5.82 Å². The monoisotopic (exact) mass is 318 g/mol. The summed E-state index contributed by atoms with van der Waals surface area (Å²) < 4.78 is 19.2. The molecule has 1 spiro atoms. The van der Waals surface area contributed by atoms with E-state index in [-0.39, 0.29) is 23.4 Å². The van der Waals surface area contributed by atoms with Gasteiger partial charge >= 0.3 is 0 Å². The molecule has 0 saturated carbocycles. The van der Waals surface area contributed by atoms with Crippen LogP contribution in [0.15, 0.2) is 36.4 Å². The minimum Gasteiger partial charge on any atom is -0.377 e. The standard InChI is InChI=1S/C18H23FN2O2/c1-13(2)17(22)20-9-7-18(8-10-20)16(23-3)12-21(18)15-6-4-5-14(19)11-15/h4-6,11,16H,1,7-10,12H2,2-3H3. The van der Waals surface area contributed by atoms with Crippen LogP contribution in [0, 0.1) is 5.82 Å². The van der Waals surface area contributed by atoms with Crippen molar-refractivity contribution in [2.24, 2.45) is 0 Å². The molecule has 1 unspecified atom stereocenters. The number of hydrogen-bond acceptors (Lipinski definition) is 3. The van der Waals surface area contributed by atoms with E-state index in [1.54, 1.807) is 26.2 Å². The molecule has 3 rings (SSSR count). The highest BCUT2D eigenvalue weighted by Gasteiger charge is 2.55. The maximum Gasteiger partial charge on any atom is 0.248 e. The summed E-state index contributed by atoms with van der Waals surface area (Å²) in [6.45, 7) is 7.59. The molecule has 5 heteroatoms. The van der Waals surface area contributed by atoms with Gasteiger partial charge < -0.3 is 14.5 Å². The van der Waals surface area contributed by atoms with Crippen LogP contribution in [0.25, 0.3) is 0 Å². The summed E-state index contributed by atoms with van der Waals surface area (Å²) >= 11 is 0. The zero-order valence-corrected chi connectivity index (χ0v) is 13.7. The van der Waals surface area contributed by atoms with E-state index in [1.165, 1.54) is 6.07 Å². The first kappa shape index (κ1) is 16.0. The molecule has 1 aromatic rings. The molecular formula is C18H23FN2O2. The molecule has 0 aromatic heterocycles. The van der Waals surface area contributed by atoms with Crippen molar-refractivity contribution < 1.29 is 13.9 Å². The second-order valence-electron chi connectivity index (χ2n) is 6.49. The summed E-state index contributed by atoms with van der Waals surface area (Å²) in [4.78, 5) is 16.2. The second-order valence-corrected chi connectivity index (χ2v) is 6.49. The van der Waals surface area contributed by atoms with Crippen LogP contribution in [0.4, 0.5) is 10.1 Å². The van der Waals surface area contributed by atoms with Gasteiger partial charge in [0.25, 0.3) is 0 Å². The van der Waals surface area contributed by atoms with Gasteiger partial charge in [0.05, 0.1) is 11.6 Å². The van der Waals surface area contributed by atoms with E-state index >= 15 is 0 Å². The van der Waals surface area contributed by atoms with E-state index in [0.29, 0.717) is 18.7 Å². The van der Waals surface area contributed by atoms with Gasteiger partial charge in [-0.3, -0.25) is 4.79 Å². The number of halogens is 1. The van der Waals surface area contributed by atoms with Crippen LogP contribution < -0.4 is 4.90 Å². The fourth-order valence-corrected chi connectivity index (χ4v) is 3.84. The summed E-state index contributed by atoms with van der Waals surface area (Å²) in [6.07, 6.45) is 1.76. The fraction of sp³-hybridized carbons (Fsp3) is 0.500. The number of likely N-dealkylation sites (tertiary alicyclic amines) is 1. The minimum absolute atomic E-state index is 0.0189. The molecule has 0 bridgehead atoms. The first-order valence-electron chi connectivity index (χ1n) is 7.99. The van der Waals surface area contributed by atoms with Gasteiger partial charge in [-0.15, -0.1) is 0 Å². The number of rotatable bonds is 3. The number of benzene rings is 1. The summed E-state index contributed by atoms with van der Waals surface area (Å²) in [5, 5.41) is 0. The van der Waals surface area contributed by atoms with Crippen LogP contribution in [-0.2, 0) is 9.53 Å². The van der Waals surface area contributed by atoms with Gasteiger partial charge in [0.15, 0.2) is 0 Å². The van der Waals surface area contributed by atoms with Crippen LogP contribution in [0.3, 0.4) is 0 Å². The Morgan fingerprint density at radius 3 is 2.65 bits per heavy atom. The Morgan fingerprint density at radius 1 is 1.39 bits per heavy atom. The highest BCUT2D eigenvalue weighted by atomic mass is 19.1. The van der Waals surface area contributed by atoms with E-state index in [1.807, 2.05) is 11.0 Å². The Hall–Kier alpha value is -1.88. The molecule has 1 amide bonds. The number of ether oxygens (including phenoxy) is 1. The summed E-state index contributed by atoms with van der Waals surface area (Å²) in [5.74, 6) is -0.209. The molecule has 1 aromatic carbocycles. The maximum atomic E-state index is 13.6. The third-order valence-corrected chi connectivity index (χ3v) is 5.17. The molecule has 0 N–H and O–H groups in total. The molecule has 124 valence electrons. The highest BCUT2D eigenvalue weighted by molar-refractivity contribution is 5.92. The number of nitrogens with zero attached hydrogens (tertiary/aromatic N) is 2. The lowest BCUT2D eigenvalue weighted by Gasteiger charge is -2.61. The Bertz CT molecular complexity index is 623. The van der Waals surface area contributed by atoms with Gasteiger partial charge in [-0.2, -0.15) is 0 Å². The molecular weight excluding hydrogens is 295 g/mol. The molecule has 2 heterocycles. The van der Waals surface area contributed by atoms with Gasteiger partial charge in [0.2, 0.25) is 5.91 Å². The van der Waals surface area contributed by atoms with Gasteiger partial charge in [-0.25, -0.2) is 4.39 Å². The van der Waals surface area contributed by atoms with E-state index in [0.717, 1.165) is 25.1 Å². The smallest absolute Gasteiger partial charge is 0.248 e. The highest BCUT2D eigenvalue weighted by Crippen LogP contribution is 2.44. The zero-order chi connectivity index (χ0) is 16.6. The van der Waals surface area contributed by atoms with Crippen LogP contribution in [-0.4, -0.2) is 49.2 Å². The van der Waals surface area contributed by atoms with Crippen molar-refractivity contribution >= 4 is 11.6 Å². The molecule has 4 nitrogen and oxygen atoms in total. The third kappa shape index (κ3) is 2.63. The molecule has 1 atom stereocenters. The third-order valence-electron chi connectivity index (χ3n) is 5.17. The van der Waals surface area contributed by atoms with E-state index in [2.05, 4.69) is 11.5 Å². The quantitative estimate of drug-likeness (QED) is 0.803. The van der Waals surface area contributed by atoms with Crippen molar-refractivity contribution in [3.63, 3.8) is 0 Å². The number of piperidine rings is 1. The van der Waals surface area contributed by atoms with Crippen LogP contribution in [0.5, 0.6) is 0 Å². The zero-order valence-electron chi connectivity index (χ0n) is 13.7. The minimum atomic E-state index is -0.228. The average Bonchev–Trinajstić information content (AvgIpc) is 2.53. The van der Waals surface area contributed by atoms with Crippen LogP contribution >= 0.6 is 0 Å². The lowest BCUT2D eigenvalue weighted by atomic mass is 9.73. The maximum absolute atomic E-state index is 13.6. The van der Waals surface area contributed by atoms with E-state index in [4.69, 9.17) is 4.74 Å².